The molecule has 0 saturated heterocycles. The molecule has 0 aliphatic rings. The SMILES string of the molecule is CCC(OC)C(N)c1ccc(C(F)(F)F)cc1. The van der Waals surface area contributed by atoms with Crippen molar-refractivity contribution < 1.29 is 17.9 Å². The summed E-state index contributed by atoms with van der Waals surface area (Å²) in [6.07, 6.45) is -3.79. The summed E-state index contributed by atoms with van der Waals surface area (Å²) in [5, 5.41) is 0. The Balaban J connectivity index is 2.87. The molecule has 1 aromatic carbocycles. The Labute approximate surface area is 98.6 Å². The van der Waals surface area contributed by atoms with Crippen molar-refractivity contribution in [3.8, 4) is 0 Å². The van der Waals surface area contributed by atoms with Crippen LogP contribution in [0, 0.1) is 0 Å². The molecule has 0 aliphatic heterocycles. The lowest BCUT2D eigenvalue weighted by Gasteiger charge is -2.21. The van der Waals surface area contributed by atoms with E-state index in [2.05, 4.69) is 0 Å². The van der Waals surface area contributed by atoms with E-state index >= 15 is 0 Å². The van der Waals surface area contributed by atoms with Gasteiger partial charge in [0.25, 0.3) is 0 Å². The first-order chi connectivity index (χ1) is 7.90. The van der Waals surface area contributed by atoms with Crippen molar-refractivity contribution in [2.75, 3.05) is 7.11 Å². The van der Waals surface area contributed by atoms with Gasteiger partial charge in [0.15, 0.2) is 0 Å². The molecule has 2 nitrogen and oxygen atoms in total. The van der Waals surface area contributed by atoms with Gasteiger partial charge in [0.05, 0.1) is 17.7 Å². The van der Waals surface area contributed by atoms with Crippen LogP contribution in [0.25, 0.3) is 0 Å². The zero-order valence-corrected chi connectivity index (χ0v) is 9.79. The monoisotopic (exact) mass is 247 g/mol. The number of alkyl halides is 3. The molecule has 0 radical (unpaired) electrons. The quantitative estimate of drug-likeness (QED) is 0.887. The standard InChI is InChI=1S/C12H16F3NO/c1-3-10(17-2)11(16)8-4-6-9(7-5-8)12(13,14)15/h4-7,10-11H,3,16H2,1-2H3. The van der Waals surface area contributed by atoms with Crippen molar-refractivity contribution in [2.45, 2.75) is 31.7 Å². The zero-order chi connectivity index (χ0) is 13.1. The summed E-state index contributed by atoms with van der Waals surface area (Å²) in [6.45, 7) is 1.91. The molecule has 5 heteroatoms. The maximum Gasteiger partial charge on any atom is 0.416 e. The highest BCUT2D eigenvalue weighted by atomic mass is 19.4. The van der Waals surface area contributed by atoms with Crippen LogP contribution in [-0.4, -0.2) is 13.2 Å². The van der Waals surface area contributed by atoms with Gasteiger partial charge in [-0.05, 0) is 24.1 Å². The summed E-state index contributed by atoms with van der Waals surface area (Å²) in [5.74, 6) is 0. The maximum absolute atomic E-state index is 12.4. The molecule has 1 rings (SSSR count). The molecular weight excluding hydrogens is 231 g/mol. The molecule has 0 aliphatic carbocycles. The molecule has 0 heterocycles. The molecule has 0 saturated carbocycles. The Morgan fingerprint density at radius 3 is 2.12 bits per heavy atom. The van der Waals surface area contributed by atoms with Gasteiger partial charge in [0.1, 0.15) is 0 Å². The zero-order valence-electron chi connectivity index (χ0n) is 9.79. The lowest BCUT2D eigenvalue weighted by atomic mass is 9.99. The molecule has 2 N–H and O–H groups in total. The minimum Gasteiger partial charge on any atom is -0.379 e. The van der Waals surface area contributed by atoms with Crippen molar-refractivity contribution in [1.29, 1.82) is 0 Å². The van der Waals surface area contributed by atoms with Crippen LogP contribution in [0.5, 0.6) is 0 Å². The molecule has 0 aromatic heterocycles. The lowest BCUT2D eigenvalue weighted by Crippen LogP contribution is -2.27. The minimum atomic E-state index is -4.31. The van der Waals surface area contributed by atoms with Gasteiger partial charge in [0.2, 0.25) is 0 Å². The second-order valence-electron chi connectivity index (χ2n) is 3.83. The van der Waals surface area contributed by atoms with Gasteiger partial charge in [-0.1, -0.05) is 19.1 Å². The highest BCUT2D eigenvalue weighted by molar-refractivity contribution is 5.27. The summed E-state index contributed by atoms with van der Waals surface area (Å²) >= 11 is 0. The molecular formula is C12H16F3NO. The van der Waals surface area contributed by atoms with E-state index in [1.165, 1.54) is 19.2 Å². The van der Waals surface area contributed by atoms with E-state index in [0.717, 1.165) is 12.1 Å². The highest BCUT2D eigenvalue weighted by Crippen LogP contribution is 2.30. The van der Waals surface area contributed by atoms with E-state index in [-0.39, 0.29) is 6.10 Å². The number of hydrogen-bond acceptors (Lipinski definition) is 2. The molecule has 2 unspecified atom stereocenters. The molecule has 1 aromatic rings. The van der Waals surface area contributed by atoms with Crippen LogP contribution in [0.15, 0.2) is 24.3 Å². The Bertz CT molecular complexity index is 344. The van der Waals surface area contributed by atoms with Crippen LogP contribution in [-0.2, 0) is 10.9 Å². The third-order valence-electron chi connectivity index (χ3n) is 2.73. The summed E-state index contributed by atoms with van der Waals surface area (Å²) in [6, 6.07) is 4.46. The highest BCUT2D eigenvalue weighted by Gasteiger charge is 2.30. The summed E-state index contributed by atoms with van der Waals surface area (Å²) in [5.41, 5.74) is 5.89. The molecule has 0 spiro atoms. The lowest BCUT2D eigenvalue weighted by molar-refractivity contribution is -0.137. The number of benzene rings is 1. The Morgan fingerprint density at radius 2 is 1.76 bits per heavy atom. The summed E-state index contributed by atoms with van der Waals surface area (Å²) in [7, 11) is 1.54. The normalized spacial score (nSPS) is 15.6. The third-order valence-corrected chi connectivity index (χ3v) is 2.73. The van der Waals surface area contributed by atoms with Crippen molar-refractivity contribution in [1.82, 2.24) is 0 Å². The van der Waals surface area contributed by atoms with Crippen molar-refractivity contribution in [2.24, 2.45) is 5.73 Å². The molecule has 17 heavy (non-hydrogen) atoms. The predicted molar refractivity (Wildman–Crippen MR) is 59.5 cm³/mol. The Morgan fingerprint density at radius 1 is 1.24 bits per heavy atom. The number of halogens is 3. The fourth-order valence-electron chi connectivity index (χ4n) is 1.68. The summed E-state index contributed by atoms with van der Waals surface area (Å²) < 4.78 is 42.2. The van der Waals surface area contributed by atoms with Gasteiger partial charge in [0, 0.05) is 7.11 Å². The second kappa shape index (κ2) is 5.51. The van der Waals surface area contributed by atoms with E-state index in [0.29, 0.717) is 12.0 Å². The van der Waals surface area contributed by atoms with Gasteiger partial charge in [-0.2, -0.15) is 13.2 Å². The molecule has 0 amide bonds. The molecule has 96 valence electrons. The van der Waals surface area contributed by atoms with Crippen LogP contribution in [0.2, 0.25) is 0 Å². The number of ether oxygens (including phenoxy) is 1. The van der Waals surface area contributed by atoms with E-state index in [9.17, 15) is 13.2 Å². The van der Waals surface area contributed by atoms with Crippen LogP contribution in [0.4, 0.5) is 13.2 Å². The van der Waals surface area contributed by atoms with Crippen molar-refractivity contribution >= 4 is 0 Å². The third kappa shape index (κ3) is 3.44. The predicted octanol–water partition coefficient (Wildman–Crippen LogP) is 3.13. The van der Waals surface area contributed by atoms with Gasteiger partial charge in [-0.15, -0.1) is 0 Å². The van der Waals surface area contributed by atoms with Crippen molar-refractivity contribution in [3.63, 3.8) is 0 Å². The largest absolute Gasteiger partial charge is 0.416 e. The second-order valence-corrected chi connectivity index (χ2v) is 3.83. The van der Waals surface area contributed by atoms with Gasteiger partial charge >= 0.3 is 6.18 Å². The van der Waals surface area contributed by atoms with Gasteiger partial charge in [-0.3, -0.25) is 0 Å². The maximum atomic E-state index is 12.4. The smallest absolute Gasteiger partial charge is 0.379 e. The summed E-state index contributed by atoms with van der Waals surface area (Å²) in [4.78, 5) is 0. The topological polar surface area (TPSA) is 35.2 Å². The first-order valence-corrected chi connectivity index (χ1v) is 5.35. The number of rotatable bonds is 4. The molecule has 0 fully saturated rings. The van der Waals surface area contributed by atoms with Gasteiger partial charge < -0.3 is 10.5 Å². The first-order valence-electron chi connectivity index (χ1n) is 5.35. The Kier molecular flexibility index (Phi) is 4.54. The average Bonchev–Trinajstić information content (AvgIpc) is 2.29. The van der Waals surface area contributed by atoms with Crippen molar-refractivity contribution in [3.05, 3.63) is 35.4 Å². The minimum absolute atomic E-state index is 0.188. The fourth-order valence-corrected chi connectivity index (χ4v) is 1.68. The van der Waals surface area contributed by atoms with E-state index in [1.807, 2.05) is 6.92 Å². The molecule has 2 atom stereocenters. The average molecular weight is 247 g/mol. The van der Waals surface area contributed by atoms with Gasteiger partial charge in [-0.25, -0.2) is 0 Å². The van der Waals surface area contributed by atoms with Crippen LogP contribution >= 0.6 is 0 Å². The van der Waals surface area contributed by atoms with Crippen LogP contribution in [0.1, 0.15) is 30.5 Å². The van der Waals surface area contributed by atoms with Crippen LogP contribution < -0.4 is 5.73 Å². The fraction of sp³-hybridized carbons (Fsp3) is 0.500. The van der Waals surface area contributed by atoms with E-state index in [1.54, 1.807) is 0 Å². The van der Waals surface area contributed by atoms with E-state index < -0.39 is 17.8 Å². The first kappa shape index (κ1) is 14.0. The molecule has 0 bridgehead atoms. The van der Waals surface area contributed by atoms with E-state index in [4.69, 9.17) is 10.5 Å². The number of methoxy groups -OCH3 is 1. The number of nitrogens with two attached hydrogens (primary N) is 1. The number of hydrogen-bond donors (Lipinski definition) is 1. The van der Waals surface area contributed by atoms with Crippen LogP contribution in [0.3, 0.4) is 0 Å². The Hall–Kier alpha value is -1.07.